The van der Waals surface area contributed by atoms with Crippen LogP contribution in [0.2, 0.25) is 19.6 Å². The van der Waals surface area contributed by atoms with Gasteiger partial charge in [-0.2, -0.15) is 0 Å². The topological polar surface area (TPSA) is 50.9 Å². The zero-order valence-corrected chi connectivity index (χ0v) is 21.3. The second-order valence-corrected chi connectivity index (χ2v) is 15.0. The van der Waals surface area contributed by atoms with Gasteiger partial charge in [-0.05, 0) is 48.9 Å². The molecular weight excluding hydrogens is 434 g/mol. The average molecular weight is 464 g/mol. The van der Waals surface area contributed by atoms with Crippen LogP contribution in [0.25, 0.3) is 44.8 Å². The van der Waals surface area contributed by atoms with E-state index in [1.54, 1.807) is 6.07 Å². The number of aromatic nitrogens is 3. The molecule has 0 aliphatic rings. The molecule has 0 spiro atoms. The lowest BCUT2D eigenvalue weighted by molar-refractivity contribution is 0.476. The number of phenolic OH excluding ortho intramolecular Hbond substituents is 1. The number of pyridine rings is 1. The van der Waals surface area contributed by atoms with Crippen molar-refractivity contribution >= 4 is 24.3 Å². The van der Waals surface area contributed by atoms with Crippen molar-refractivity contribution in [1.29, 1.82) is 0 Å². The highest BCUT2D eigenvalue weighted by atomic mass is 28.3. The molecule has 34 heavy (non-hydrogen) atoms. The lowest BCUT2D eigenvalue weighted by atomic mass is 10.0. The molecule has 3 aromatic carbocycles. The van der Waals surface area contributed by atoms with E-state index in [4.69, 9.17) is 4.98 Å². The van der Waals surface area contributed by atoms with E-state index in [2.05, 4.69) is 65.6 Å². The molecular formula is C29H29N3OSi. The SMILES string of the molecule is Cc1ccc(O)c(-c2nc3c(-c4cccc(-c5ccccn5)c4)cc([Si](C)(C)C)cc3n2C)c1. The van der Waals surface area contributed by atoms with Crippen LogP contribution < -0.4 is 5.19 Å². The van der Waals surface area contributed by atoms with Crippen LogP contribution >= 0.6 is 0 Å². The Balaban J connectivity index is 1.79. The Bertz CT molecular complexity index is 1510. The van der Waals surface area contributed by atoms with Crippen LogP contribution in [0.3, 0.4) is 0 Å². The Hall–Kier alpha value is -3.70. The number of rotatable bonds is 4. The molecule has 2 aromatic heterocycles. The summed E-state index contributed by atoms with van der Waals surface area (Å²) in [6, 6.07) is 24.8. The molecule has 0 amide bonds. The minimum absolute atomic E-state index is 0.244. The van der Waals surface area contributed by atoms with Crippen LogP contribution in [0.1, 0.15) is 5.56 Å². The van der Waals surface area contributed by atoms with Crippen molar-refractivity contribution in [2.45, 2.75) is 26.6 Å². The van der Waals surface area contributed by atoms with Gasteiger partial charge in [-0.1, -0.05) is 66.8 Å². The number of nitrogens with zero attached hydrogens (tertiary/aromatic N) is 3. The third-order valence-corrected chi connectivity index (χ3v) is 8.40. The van der Waals surface area contributed by atoms with E-state index >= 15 is 0 Å². The number of aryl methyl sites for hydroxylation is 2. The number of hydrogen-bond donors (Lipinski definition) is 1. The van der Waals surface area contributed by atoms with Crippen molar-refractivity contribution in [3.05, 3.63) is 84.6 Å². The fraction of sp³-hybridized carbons (Fsp3) is 0.172. The van der Waals surface area contributed by atoms with E-state index in [1.165, 1.54) is 5.19 Å². The van der Waals surface area contributed by atoms with Gasteiger partial charge in [-0.15, -0.1) is 0 Å². The highest BCUT2D eigenvalue weighted by Gasteiger charge is 2.23. The van der Waals surface area contributed by atoms with Gasteiger partial charge >= 0.3 is 0 Å². The lowest BCUT2D eigenvalue weighted by Gasteiger charge is -2.19. The predicted molar refractivity (Wildman–Crippen MR) is 144 cm³/mol. The quantitative estimate of drug-likeness (QED) is 0.308. The Morgan fingerprint density at radius 2 is 1.62 bits per heavy atom. The van der Waals surface area contributed by atoms with Gasteiger partial charge < -0.3 is 9.67 Å². The summed E-state index contributed by atoms with van der Waals surface area (Å²) in [6.45, 7) is 9.13. The molecule has 0 bridgehead atoms. The van der Waals surface area contributed by atoms with Crippen LogP contribution in [-0.4, -0.2) is 27.7 Å². The Labute approximate surface area is 201 Å². The minimum atomic E-state index is -1.61. The van der Waals surface area contributed by atoms with Gasteiger partial charge in [0.2, 0.25) is 0 Å². The second-order valence-electron chi connectivity index (χ2n) is 9.95. The molecule has 5 heteroatoms. The summed E-state index contributed by atoms with van der Waals surface area (Å²) in [5.74, 6) is 1.01. The highest BCUT2D eigenvalue weighted by molar-refractivity contribution is 6.88. The third kappa shape index (κ3) is 3.92. The molecule has 0 aliphatic carbocycles. The first kappa shape index (κ1) is 22.1. The molecule has 0 atom stereocenters. The normalized spacial score (nSPS) is 11.8. The van der Waals surface area contributed by atoms with Crippen LogP contribution in [0.5, 0.6) is 5.75 Å². The maximum absolute atomic E-state index is 10.6. The van der Waals surface area contributed by atoms with Gasteiger partial charge in [0.1, 0.15) is 11.6 Å². The first-order valence-corrected chi connectivity index (χ1v) is 15.0. The molecule has 5 rings (SSSR count). The Morgan fingerprint density at radius 3 is 2.35 bits per heavy atom. The van der Waals surface area contributed by atoms with Crippen LogP contribution in [-0.2, 0) is 7.05 Å². The van der Waals surface area contributed by atoms with Crippen molar-refractivity contribution in [3.63, 3.8) is 0 Å². The van der Waals surface area contributed by atoms with Crippen molar-refractivity contribution in [2.24, 2.45) is 7.05 Å². The molecule has 0 fully saturated rings. The molecule has 4 nitrogen and oxygen atoms in total. The van der Waals surface area contributed by atoms with E-state index < -0.39 is 8.07 Å². The van der Waals surface area contributed by atoms with Gasteiger partial charge in [0.15, 0.2) is 0 Å². The number of hydrogen-bond acceptors (Lipinski definition) is 3. The van der Waals surface area contributed by atoms with E-state index in [9.17, 15) is 5.11 Å². The molecule has 0 aliphatic heterocycles. The predicted octanol–water partition coefficient (Wildman–Crippen LogP) is 6.53. The van der Waals surface area contributed by atoms with Crippen LogP contribution in [0, 0.1) is 6.92 Å². The number of aromatic hydroxyl groups is 1. The molecule has 0 saturated heterocycles. The summed E-state index contributed by atoms with van der Waals surface area (Å²) in [5, 5.41) is 12.0. The van der Waals surface area contributed by atoms with E-state index in [0.717, 1.165) is 50.4 Å². The van der Waals surface area contributed by atoms with Crippen molar-refractivity contribution in [2.75, 3.05) is 0 Å². The molecule has 0 unspecified atom stereocenters. The fourth-order valence-electron chi connectivity index (χ4n) is 4.39. The molecule has 0 saturated carbocycles. The zero-order valence-electron chi connectivity index (χ0n) is 20.3. The summed E-state index contributed by atoms with van der Waals surface area (Å²) in [6.07, 6.45) is 1.82. The Morgan fingerprint density at radius 1 is 0.824 bits per heavy atom. The first-order valence-electron chi connectivity index (χ1n) is 11.5. The Kier molecular flexibility index (Phi) is 5.37. The van der Waals surface area contributed by atoms with Crippen molar-refractivity contribution < 1.29 is 5.11 Å². The maximum atomic E-state index is 10.6. The molecule has 0 radical (unpaired) electrons. The summed E-state index contributed by atoms with van der Waals surface area (Å²) in [5.41, 5.74) is 8.12. The van der Waals surface area contributed by atoms with Crippen molar-refractivity contribution in [3.8, 4) is 39.5 Å². The lowest BCUT2D eigenvalue weighted by Crippen LogP contribution is -2.37. The first-order chi connectivity index (χ1) is 16.2. The average Bonchev–Trinajstić information content (AvgIpc) is 3.16. The van der Waals surface area contributed by atoms with E-state index in [-0.39, 0.29) is 5.75 Å². The largest absolute Gasteiger partial charge is 0.507 e. The minimum Gasteiger partial charge on any atom is -0.507 e. The maximum Gasteiger partial charge on any atom is 0.144 e. The van der Waals surface area contributed by atoms with Gasteiger partial charge in [-0.25, -0.2) is 4.98 Å². The molecule has 2 heterocycles. The highest BCUT2D eigenvalue weighted by Crippen LogP contribution is 2.36. The fourth-order valence-corrected chi connectivity index (χ4v) is 5.54. The van der Waals surface area contributed by atoms with Gasteiger partial charge in [0, 0.05) is 24.4 Å². The van der Waals surface area contributed by atoms with Crippen LogP contribution in [0.4, 0.5) is 0 Å². The monoisotopic (exact) mass is 463 g/mol. The number of imidazole rings is 1. The van der Waals surface area contributed by atoms with Crippen molar-refractivity contribution in [1.82, 2.24) is 14.5 Å². The number of fused-ring (bicyclic) bond motifs is 1. The van der Waals surface area contributed by atoms with Crippen LogP contribution in [0.15, 0.2) is 79.0 Å². The number of phenols is 1. The van der Waals surface area contributed by atoms with Gasteiger partial charge in [0.25, 0.3) is 0 Å². The van der Waals surface area contributed by atoms with E-state index in [1.807, 2.05) is 50.5 Å². The molecule has 170 valence electrons. The summed E-state index contributed by atoms with van der Waals surface area (Å²) >= 11 is 0. The smallest absolute Gasteiger partial charge is 0.144 e. The summed E-state index contributed by atoms with van der Waals surface area (Å²) in [7, 11) is 0.428. The van der Waals surface area contributed by atoms with E-state index in [0.29, 0.717) is 0 Å². The summed E-state index contributed by atoms with van der Waals surface area (Å²) < 4.78 is 2.11. The molecule has 1 N–H and O–H groups in total. The van der Waals surface area contributed by atoms with Gasteiger partial charge in [0.05, 0.1) is 30.4 Å². The zero-order chi connectivity index (χ0) is 24.0. The second kappa shape index (κ2) is 8.26. The third-order valence-electron chi connectivity index (χ3n) is 6.38. The number of benzene rings is 3. The molecule has 5 aromatic rings. The van der Waals surface area contributed by atoms with Gasteiger partial charge in [-0.3, -0.25) is 4.98 Å². The summed E-state index contributed by atoms with van der Waals surface area (Å²) in [4.78, 5) is 9.63. The standard InChI is InChI=1S/C29H29N3OSi/c1-19-12-13-27(33)24(15-19)29-31-28-23(17-22(34(3,4)5)18-26(28)32(29)2)20-9-8-10-21(16-20)25-11-6-7-14-30-25/h6-18,33H,1-5H3.